The number of nitrogens with one attached hydrogen (secondary N) is 2. The molecule has 2 amide bonds. The van der Waals surface area contributed by atoms with Crippen LogP contribution in [0.1, 0.15) is 33.3 Å². The van der Waals surface area contributed by atoms with Crippen molar-refractivity contribution in [3.63, 3.8) is 0 Å². The molecule has 6 rings (SSSR count). The Hall–Kier alpha value is -4.06. The Balaban J connectivity index is 1.37. The van der Waals surface area contributed by atoms with Gasteiger partial charge in [0.1, 0.15) is 10.0 Å². The summed E-state index contributed by atoms with van der Waals surface area (Å²) in [7, 11) is -3.91. The smallest absolute Gasteiger partial charge is 0.261 e. The van der Waals surface area contributed by atoms with Crippen molar-refractivity contribution in [2.75, 3.05) is 16.6 Å². The van der Waals surface area contributed by atoms with Crippen molar-refractivity contribution in [2.45, 2.75) is 31.7 Å². The maximum Gasteiger partial charge on any atom is 0.261 e. The van der Waals surface area contributed by atoms with Gasteiger partial charge in [0.05, 0.1) is 32.9 Å². The van der Waals surface area contributed by atoms with Gasteiger partial charge >= 0.3 is 0 Å². The fourth-order valence-electron chi connectivity index (χ4n) is 4.83. The Morgan fingerprint density at radius 3 is 2.44 bits per heavy atom. The number of nitrogens with zero attached hydrogens (tertiary/aromatic N) is 2. The highest BCUT2D eigenvalue weighted by Crippen LogP contribution is 2.46. The van der Waals surface area contributed by atoms with Crippen LogP contribution in [0.2, 0.25) is 0 Å². The van der Waals surface area contributed by atoms with E-state index in [1.54, 1.807) is 59.6 Å². The first-order chi connectivity index (χ1) is 19.7. The number of hydrogen-bond donors (Lipinski definition) is 2. The largest absolute Gasteiger partial charge is 0.337 e. The van der Waals surface area contributed by atoms with E-state index in [2.05, 4.69) is 10.0 Å². The summed E-state index contributed by atoms with van der Waals surface area (Å²) in [4.78, 5) is 33.6. The standard InChI is InChI=1S/C30H26N4O4S3/c1-18-11-13-20(14-12-18)41(37,38)33-23-8-4-3-7-21(23)28(36)32-30-27(29-31-24-9-5-6-10-25(24)39-29)22-15-16-34(19(2)35)17-26(22)40-30/h3-14,33H,15-17H2,1-2H3,(H,32,36). The van der Waals surface area contributed by atoms with Gasteiger partial charge in [-0.1, -0.05) is 42.0 Å². The van der Waals surface area contributed by atoms with Gasteiger partial charge in [-0.3, -0.25) is 14.3 Å². The molecule has 0 aliphatic carbocycles. The summed E-state index contributed by atoms with van der Waals surface area (Å²) in [6.45, 7) is 4.50. The maximum absolute atomic E-state index is 13.7. The van der Waals surface area contributed by atoms with Gasteiger partial charge in [0, 0.05) is 23.9 Å². The highest BCUT2D eigenvalue weighted by atomic mass is 32.2. The van der Waals surface area contributed by atoms with Crippen LogP contribution in [0.4, 0.5) is 10.7 Å². The second kappa shape index (κ2) is 10.7. The molecule has 0 saturated heterocycles. The van der Waals surface area contributed by atoms with E-state index in [4.69, 9.17) is 4.98 Å². The van der Waals surface area contributed by atoms with Crippen molar-refractivity contribution in [1.29, 1.82) is 0 Å². The van der Waals surface area contributed by atoms with Crippen molar-refractivity contribution in [3.8, 4) is 10.6 Å². The zero-order chi connectivity index (χ0) is 28.7. The summed E-state index contributed by atoms with van der Waals surface area (Å²) in [5.41, 5.74) is 4.13. The SMILES string of the molecule is CC(=O)N1CCc2c(sc(NC(=O)c3ccccc3NS(=O)(=O)c3ccc(C)cc3)c2-c2nc3ccccc3s2)C1. The number of aryl methyl sites for hydroxylation is 1. The summed E-state index contributed by atoms with van der Waals surface area (Å²) in [6, 6.07) is 20.9. The molecule has 0 saturated carbocycles. The van der Waals surface area contributed by atoms with Crippen molar-refractivity contribution in [3.05, 3.63) is 94.4 Å². The number of fused-ring (bicyclic) bond motifs is 2. The van der Waals surface area contributed by atoms with Crippen LogP contribution in [0.25, 0.3) is 20.8 Å². The first-order valence-corrected chi connectivity index (χ1v) is 16.1. The Bertz CT molecular complexity index is 1880. The molecular formula is C30H26N4O4S3. The minimum atomic E-state index is -3.91. The van der Waals surface area contributed by atoms with Gasteiger partial charge in [0.2, 0.25) is 5.91 Å². The molecule has 2 aromatic heterocycles. The third-order valence-corrected chi connectivity index (χ3v) is 10.6. The predicted octanol–water partition coefficient (Wildman–Crippen LogP) is 6.29. The van der Waals surface area contributed by atoms with Crippen molar-refractivity contribution >= 4 is 65.4 Å². The Morgan fingerprint density at radius 2 is 1.68 bits per heavy atom. The lowest BCUT2D eigenvalue weighted by Crippen LogP contribution is -2.33. The number of aromatic nitrogens is 1. The first kappa shape index (κ1) is 27.1. The van der Waals surface area contributed by atoms with Crippen LogP contribution in [-0.4, -0.2) is 36.7 Å². The number of hydrogen-bond acceptors (Lipinski definition) is 7. The summed E-state index contributed by atoms with van der Waals surface area (Å²) in [5.74, 6) is -0.442. The van der Waals surface area contributed by atoms with Crippen LogP contribution in [0, 0.1) is 6.92 Å². The van der Waals surface area contributed by atoms with E-state index in [0.29, 0.717) is 24.5 Å². The third-order valence-electron chi connectivity index (χ3n) is 6.98. The number of rotatable bonds is 6. The molecule has 2 N–H and O–H groups in total. The van der Waals surface area contributed by atoms with Gasteiger partial charge in [0.25, 0.3) is 15.9 Å². The molecule has 8 nitrogen and oxygen atoms in total. The summed E-state index contributed by atoms with van der Waals surface area (Å²) < 4.78 is 29.8. The molecule has 3 heterocycles. The van der Waals surface area contributed by atoms with Gasteiger partial charge in [-0.25, -0.2) is 13.4 Å². The van der Waals surface area contributed by atoms with E-state index in [0.717, 1.165) is 36.8 Å². The predicted molar refractivity (Wildman–Crippen MR) is 164 cm³/mol. The Labute approximate surface area is 245 Å². The van der Waals surface area contributed by atoms with E-state index in [-0.39, 0.29) is 22.1 Å². The fraction of sp³-hybridized carbons (Fsp3) is 0.167. The van der Waals surface area contributed by atoms with Gasteiger partial charge in [-0.05, 0) is 55.3 Å². The normalized spacial score (nSPS) is 13.2. The molecule has 0 atom stereocenters. The molecule has 0 radical (unpaired) electrons. The van der Waals surface area contributed by atoms with E-state index in [1.807, 2.05) is 31.2 Å². The molecular weight excluding hydrogens is 577 g/mol. The van der Waals surface area contributed by atoms with E-state index in [1.165, 1.54) is 23.5 Å². The highest BCUT2D eigenvalue weighted by Gasteiger charge is 2.29. The summed E-state index contributed by atoms with van der Waals surface area (Å²) in [5, 5.41) is 4.47. The zero-order valence-corrected chi connectivity index (χ0v) is 24.8. The van der Waals surface area contributed by atoms with E-state index in [9.17, 15) is 18.0 Å². The van der Waals surface area contributed by atoms with Crippen molar-refractivity contribution in [1.82, 2.24) is 9.88 Å². The minimum Gasteiger partial charge on any atom is -0.337 e. The van der Waals surface area contributed by atoms with Gasteiger partial charge in [0.15, 0.2) is 0 Å². The maximum atomic E-state index is 13.7. The van der Waals surface area contributed by atoms with E-state index < -0.39 is 15.9 Å². The Kier molecular flexibility index (Phi) is 7.10. The van der Waals surface area contributed by atoms with Crippen molar-refractivity contribution < 1.29 is 18.0 Å². The molecule has 11 heteroatoms. The number of amides is 2. The quantitative estimate of drug-likeness (QED) is 0.237. The summed E-state index contributed by atoms with van der Waals surface area (Å²) in [6.07, 6.45) is 0.652. The number of thiophene rings is 1. The topological polar surface area (TPSA) is 108 Å². The van der Waals surface area contributed by atoms with Gasteiger partial charge in [-0.15, -0.1) is 22.7 Å². The number of benzene rings is 3. The zero-order valence-electron chi connectivity index (χ0n) is 22.3. The lowest BCUT2D eigenvalue weighted by molar-refractivity contribution is -0.129. The summed E-state index contributed by atoms with van der Waals surface area (Å²) >= 11 is 2.98. The number of carbonyl (C=O) groups excluding carboxylic acids is 2. The number of anilines is 2. The van der Waals surface area contributed by atoms with E-state index >= 15 is 0 Å². The second-order valence-corrected chi connectivity index (χ2v) is 13.6. The molecule has 41 heavy (non-hydrogen) atoms. The lowest BCUT2D eigenvalue weighted by Gasteiger charge is -2.26. The van der Waals surface area contributed by atoms with Gasteiger partial charge in [-0.2, -0.15) is 0 Å². The molecule has 1 aliphatic rings. The van der Waals surface area contributed by atoms with Crippen LogP contribution < -0.4 is 10.0 Å². The molecule has 208 valence electrons. The van der Waals surface area contributed by atoms with Crippen molar-refractivity contribution in [2.24, 2.45) is 0 Å². The monoisotopic (exact) mass is 602 g/mol. The average Bonchev–Trinajstić information content (AvgIpc) is 3.53. The first-order valence-electron chi connectivity index (χ1n) is 13.0. The van der Waals surface area contributed by atoms with Crippen LogP contribution in [0.3, 0.4) is 0 Å². The molecule has 5 aromatic rings. The minimum absolute atomic E-state index is 0.00552. The molecule has 0 unspecified atom stereocenters. The molecule has 1 aliphatic heterocycles. The highest BCUT2D eigenvalue weighted by molar-refractivity contribution is 7.92. The van der Waals surface area contributed by atoms with Crippen LogP contribution in [0.5, 0.6) is 0 Å². The second-order valence-electron chi connectivity index (χ2n) is 9.80. The number of sulfonamides is 1. The van der Waals surface area contributed by atoms with Crippen LogP contribution in [0.15, 0.2) is 77.7 Å². The fourth-order valence-corrected chi connectivity index (χ4v) is 8.28. The molecule has 0 bridgehead atoms. The van der Waals surface area contributed by atoms with Crippen LogP contribution in [-0.2, 0) is 27.8 Å². The van der Waals surface area contributed by atoms with Crippen LogP contribution >= 0.6 is 22.7 Å². The lowest BCUT2D eigenvalue weighted by atomic mass is 10.0. The molecule has 3 aromatic carbocycles. The molecule has 0 fully saturated rings. The number of para-hydroxylation sites is 2. The molecule has 0 spiro atoms. The average molecular weight is 603 g/mol. The third kappa shape index (κ3) is 5.35. The Morgan fingerprint density at radius 1 is 0.951 bits per heavy atom. The number of carbonyl (C=O) groups is 2. The van der Waals surface area contributed by atoms with Gasteiger partial charge < -0.3 is 10.2 Å². The number of thiazole rings is 1.